The lowest BCUT2D eigenvalue weighted by atomic mass is 9.78. The quantitative estimate of drug-likeness (QED) is 0.898. The second-order valence-electron chi connectivity index (χ2n) is 5.17. The summed E-state index contributed by atoms with van der Waals surface area (Å²) in [6, 6.07) is -0.266. The number of nitrogens with zero attached hydrogens (tertiary/aromatic N) is 2. The van der Waals surface area contributed by atoms with Crippen LogP contribution in [0.25, 0.3) is 0 Å². The first kappa shape index (κ1) is 14.8. The number of urea groups is 1. The van der Waals surface area contributed by atoms with Crippen molar-refractivity contribution in [2.75, 3.05) is 18.4 Å². The number of aromatic nitrogens is 1. The summed E-state index contributed by atoms with van der Waals surface area (Å²) in [7, 11) is 0. The molecule has 7 heteroatoms. The SMILES string of the molecule is CCC1(C(=O)O)CCCN(C(=O)Nc2ncc(C)s2)C1. The molecule has 1 aromatic heterocycles. The van der Waals surface area contributed by atoms with Gasteiger partial charge in [0.05, 0.1) is 5.41 Å². The van der Waals surface area contributed by atoms with Gasteiger partial charge in [-0.1, -0.05) is 6.92 Å². The summed E-state index contributed by atoms with van der Waals surface area (Å²) in [6.07, 6.45) is 3.57. The van der Waals surface area contributed by atoms with Gasteiger partial charge in [0.1, 0.15) is 0 Å². The Morgan fingerprint density at radius 3 is 2.90 bits per heavy atom. The van der Waals surface area contributed by atoms with E-state index in [9.17, 15) is 14.7 Å². The number of carboxylic acids is 1. The highest BCUT2D eigenvalue weighted by molar-refractivity contribution is 7.15. The van der Waals surface area contributed by atoms with Gasteiger partial charge in [0.2, 0.25) is 0 Å². The molecule has 2 amide bonds. The molecule has 2 rings (SSSR count). The van der Waals surface area contributed by atoms with Crippen molar-refractivity contribution in [2.24, 2.45) is 5.41 Å². The van der Waals surface area contributed by atoms with Gasteiger partial charge in [0, 0.05) is 24.2 Å². The van der Waals surface area contributed by atoms with Crippen LogP contribution >= 0.6 is 11.3 Å². The zero-order chi connectivity index (χ0) is 14.8. The summed E-state index contributed by atoms with van der Waals surface area (Å²) < 4.78 is 0. The van der Waals surface area contributed by atoms with Crippen LogP contribution in [0, 0.1) is 12.3 Å². The van der Waals surface area contributed by atoms with E-state index in [-0.39, 0.29) is 12.6 Å². The van der Waals surface area contributed by atoms with E-state index in [4.69, 9.17) is 0 Å². The molecule has 1 aliphatic rings. The lowest BCUT2D eigenvalue weighted by Crippen LogP contribution is -2.50. The predicted octanol–water partition coefficient (Wildman–Crippen LogP) is 2.56. The molecule has 0 spiro atoms. The van der Waals surface area contributed by atoms with Crippen LogP contribution in [0.5, 0.6) is 0 Å². The number of rotatable bonds is 3. The summed E-state index contributed by atoms with van der Waals surface area (Å²) in [5, 5.41) is 12.7. The molecule has 20 heavy (non-hydrogen) atoms. The monoisotopic (exact) mass is 297 g/mol. The minimum Gasteiger partial charge on any atom is -0.481 e. The molecule has 0 bridgehead atoms. The van der Waals surface area contributed by atoms with Crippen molar-refractivity contribution >= 4 is 28.5 Å². The Bertz CT molecular complexity index is 517. The third-order valence-corrected chi connectivity index (χ3v) is 4.66. The first-order valence-electron chi connectivity index (χ1n) is 6.68. The van der Waals surface area contributed by atoms with Crippen molar-refractivity contribution in [1.29, 1.82) is 0 Å². The molecule has 110 valence electrons. The lowest BCUT2D eigenvalue weighted by molar-refractivity contribution is -0.152. The largest absolute Gasteiger partial charge is 0.481 e. The summed E-state index contributed by atoms with van der Waals surface area (Å²) in [5.41, 5.74) is -0.811. The maximum absolute atomic E-state index is 12.2. The molecule has 1 atom stereocenters. The van der Waals surface area contributed by atoms with Crippen LogP contribution in [-0.4, -0.2) is 40.1 Å². The number of piperidine rings is 1. The van der Waals surface area contributed by atoms with E-state index in [2.05, 4.69) is 10.3 Å². The normalized spacial score (nSPS) is 22.6. The first-order chi connectivity index (χ1) is 9.47. The molecule has 2 heterocycles. The summed E-state index contributed by atoms with van der Waals surface area (Å²) in [5.74, 6) is -0.817. The van der Waals surface area contributed by atoms with Crippen LogP contribution in [-0.2, 0) is 4.79 Å². The number of carbonyl (C=O) groups excluding carboxylic acids is 1. The summed E-state index contributed by atoms with van der Waals surface area (Å²) in [4.78, 5) is 30.3. The number of aliphatic carboxylic acids is 1. The van der Waals surface area contributed by atoms with E-state index in [1.807, 2.05) is 13.8 Å². The summed E-state index contributed by atoms with van der Waals surface area (Å²) >= 11 is 1.41. The Balaban J connectivity index is 2.05. The number of carboxylic acid groups (broad SMARTS) is 1. The maximum Gasteiger partial charge on any atom is 0.323 e. The molecule has 0 aliphatic carbocycles. The van der Waals surface area contributed by atoms with Crippen molar-refractivity contribution in [3.8, 4) is 0 Å². The average molecular weight is 297 g/mol. The third-order valence-electron chi connectivity index (χ3n) is 3.83. The first-order valence-corrected chi connectivity index (χ1v) is 7.50. The van der Waals surface area contributed by atoms with Gasteiger partial charge >= 0.3 is 12.0 Å². The second kappa shape index (κ2) is 5.78. The van der Waals surface area contributed by atoms with E-state index >= 15 is 0 Å². The lowest BCUT2D eigenvalue weighted by Gasteiger charge is -2.39. The molecule has 2 N–H and O–H groups in total. The Kier molecular flexibility index (Phi) is 4.27. The number of likely N-dealkylation sites (tertiary alicyclic amines) is 1. The van der Waals surface area contributed by atoms with Gasteiger partial charge in [-0.15, -0.1) is 11.3 Å². The molecule has 0 aromatic carbocycles. The second-order valence-corrected chi connectivity index (χ2v) is 6.41. The molecule has 1 unspecified atom stereocenters. The van der Waals surface area contributed by atoms with E-state index in [1.54, 1.807) is 11.1 Å². The van der Waals surface area contributed by atoms with Gasteiger partial charge in [-0.25, -0.2) is 9.78 Å². The van der Waals surface area contributed by atoms with Crippen LogP contribution in [0.1, 0.15) is 31.1 Å². The molecule has 0 saturated carbocycles. The fourth-order valence-corrected chi connectivity index (χ4v) is 3.16. The van der Waals surface area contributed by atoms with E-state index in [0.717, 1.165) is 4.88 Å². The fraction of sp³-hybridized carbons (Fsp3) is 0.615. The number of amides is 2. The standard InChI is InChI=1S/C13H19N3O3S/c1-3-13(10(17)18)5-4-6-16(8-13)12(19)15-11-14-7-9(2)20-11/h7H,3-6,8H2,1-2H3,(H,17,18)(H,14,15,19). The smallest absolute Gasteiger partial charge is 0.323 e. The number of hydrogen-bond acceptors (Lipinski definition) is 4. The van der Waals surface area contributed by atoms with Gasteiger partial charge in [0.25, 0.3) is 0 Å². The topological polar surface area (TPSA) is 82.5 Å². The van der Waals surface area contributed by atoms with Crippen molar-refractivity contribution in [2.45, 2.75) is 33.1 Å². The van der Waals surface area contributed by atoms with Crippen LogP contribution in [0.3, 0.4) is 0 Å². The zero-order valence-corrected chi connectivity index (χ0v) is 12.5. The van der Waals surface area contributed by atoms with Gasteiger partial charge in [-0.3, -0.25) is 10.1 Å². The highest BCUT2D eigenvalue weighted by atomic mass is 32.1. The van der Waals surface area contributed by atoms with E-state index < -0.39 is 11.4 Å². The highest BCUT2D eigenvalue weighted by Gasteiger charge is 2.42. The molecule has 0 radical (unpaired) electrons. The maximum atomic E-state index is 12.2. The van der Waals surface area contributed by atoms with Crippen LogP contribution < -0.4 is 5.32 Å². The van der Waals surface area contributed by atoms with Crippen LogP contribution in [0.2, 0.25) is 0 Å². The minimum absolute atomic E-state index is 0.259. The number of hydrogen-bond donors (Lipinski definition) is 2. The van der Waals surface area contributed by atoms with Crippen molar-refractivity contribution < 1.29 is 14.7 Å². The van der Waals surface area contributed by atoms with Gasteiger partial charge in [0.15, 0.2) is 5.13 Å². The van der Waals surface area contributed by atoms with Gasteiger partial charge < -0.3 is 10.0 Å². The average Bonchev–Trinajstić information content (AvgIpc) is 2.83. The van der Waals surface area contributed by atoms with Crippen molar-refractivity contribution in [3.05, 3.63) is 11.1 Å². The van der Waals surface area contributed by atoms with Gasteiger partial charge in [-0.05, 0) is 26.2 Å². The van der Waals surface area contributed by atoms with Gasteiger partial charge in [-0.2, -0.15) is 0 Å². The Morgan fingerprint density at radius 1 is 1.60 bits per heavy atom. The Morgan fingerprint density at radius 2 is 2.35 bits per heavy atom. The molecular formula is C13H19N3O3S. The Labute approximate surface area is 121 Å². The van der Waals surface area contributed by atoms with Crippen LogP contribution in [0.15, 0.2) is 6.20 Å². The molecule has 1 fully saturated rings. The number of thiazole rings is 1. The third kappa shape index (κ3) is 2.92. The molecule has 1 saturated heterocycles. The minimum atomic E-state index is -0.817. The van der Waals surface area contributed by atoms with E-state index in [1.165, 1.54) is 11.3 Å². The zero-order valence-electron chi connectivity index (χ0n) is 11.7. The summed E-state index contributed by atoms with van der Waals surface area (Å²) in [6.45, 7) is 4.63. The van der Waals surface area contributed by atoms with E-state index in [0.29, 0.717) is 30.9 Å². The number of aryl methyl sites for hydroxylation is 1. The predicted molar refractivity (Wildman–Crippen MR) is 77.0 cm³/mol. The number of anilines is 1. The van der Waals surface area contributed by atoms with Crippen molar-refractivity contribution in [3.63, 3.8) is 0 Å². The van der Waals surface area contributed by atoms with Crippen LogP contribution in [0.4, 0.5) is 9.93 Å². The number of carbonyl (C=O) groups is 2. The van der Waals surface area contributed by atoms with Crippen molar-refractivity contribution in [1.82, 2.24) is 9.88 Å². The number of nitrogens with one attached hydrogen (secondary N) is 1. The fourth-order valence-electron chi connectivity index (χ4n) is 2.50. The molecule has 1 aliphatic heterocycles. The molecular weight excluding hydrogens is 278 g/mol. The Hall–Kier alpha value is -1.63. The molecule has 1 aromatic rings. The molecule has 6 nitrogen and oxygen atoms in total. The highest BCUT2D eigenvalue weighted by Crippen LogP contribution is 2.34.